The molecular weight excluding hydrogens is 240 g/mol. The predicted molar refractivity (Wildman–Crippen MR) is 78.2 cm³/mol. The molecule has 0 spiro atoms. The number of rotatable bonds is 7. The Balaban J connectivity index is 2.73. The van der Waals surface area contributed by atoms with E-state index in [1.165, 1.54) is 0 Å². The molecule has 0 bridgehead atoms. The second kappa shape index (κ2) is 7.24. The van der Waals surface area contributed by atoms with Crippen LogP contribution >= 0.6 is 0 Å². The van der Waals surface area contributed by atoms with Gasteiger partial charge in [-0.3, -0.25) is 10.1 Å². The summed E-state index contributed by atoms with van der Waals surface area (Å²) in [6.45, 7) is 9.09. The third-order valence-corrected chi connectivity index (χ3v) is 3.98. The van der Waals surface area contributed by atoms with Gasteiger partial charge in [0.15, 0.2) is 0 Å². The first kappa shape index (κ1) is 15.6. The van der Waals surface area contributed by atoms with E-state index in [-0.39, 0.29) is 10.6 Å². The number of nitrogens with one attached hydrogen (secondary N) is 1. The molecule has 1 atom stereocenters. The molecule has 106 valence electrons. The Kier molecular flexibility index (Phi) is 5.96. The quantitative estimate of drug-likeness (QED) is 0.601. The first-order valence-corrected chi connectivity index (χ1v) is 6.97. The molecule has 0 aromatic heterocycles. The van der Waals surface area contributed by atoms with E-state index in [4.69, 9.17) is 0 Å². The number of nitro benzene ring substituents is 1. The summed E-state index contributed by atoms with van der Waals surface area (Å²) >= 11 is 0. The largest absolute Gasteiger partial charge is 0.310 e. The van der Waals surface area contributed by atoms with Gasteiger partial charge in [0.1, 0.15) is 0 Å². The highest BCUT2D eigenvalue weighted by atomic mass is 16.6. The minimum Gasteiger partial charge on any atom is -0.310 e. The molecule has 0 amide bonds. The van der Waals surface area contributed by atoms with Gasteiger partial charge in [-0.2, -0.15) is 0 Å². The van der Waals surface area contributed by atoms with Crippen LogP contribution in [0.5, 0.6) is 0 Å². The summed E-state index contributed by atoms with van der Waals surface area (Å²) in [5, 5.41) is 14.4. The highest BCUT2D eigenvalue weighted by molar-refractivity contribution is 5.44. The molecule has 0 aliphatic carbocycles. The number of nitrogens with zero attached hydrogens (tertiary/aromatic N) is 1. The Morgan fingerprint density at radius 3 is 2.47 bits per heavy atom. The summed E-state index contributed by atoms with van der Waals surface area (Å²) < 4.78 is 0. The van der Waals surface area contributed by atoms with Crippen LogP contribution in [-0.2, 0) is 6.54 Å². The lowest BCUT2D eigenvalue weighted by molar-refractivity contribution is -0.385. The average Bonchev–Trinajstić information content (AvgIpc) is 2.38. The molecule has 0 saturated heterocycles. The number of hydrogen-bond donors (Lipinski definition) is 1. The van der Waals surface area contributed by atoms with E-state index in [9.17, 15) is 10.1 Å². The molecule has 0 aliphatic rings. The minimum absolute atomic E-state index is 0.203. The maximum absolute atomic E-state index is 10.9. The van der Waals surface area contributed by atoms with E-state index < -0.39 is 0 Å². The van der Waals surface area contributed by atoms with Crippen molar-refractivity contribution in [2.24, 2.45) is 5.92 Å². The topological polar surface area (TPSA) is 55.2 Å². The van der Waals surface area contributed by atoms with Gasteiger partial charge in [-0.15, -0.1) is 0 Å². The van der Waals surface area contributed by atoms with E-state index >= 15 is 0 Å². The van der Waals surface area contributed by atoms with Gasteiger partial charge < -0.3 is 5.32 Å². The van der Waals surface area contributed by atoms with Crippen molar-refractivity contribution in [3.8, 4) is 0 Å². The van der Waals surface area contributed by atoms with Crippen LogP contribution in [0.3, 0.4) is 0 Å². The van der Waals surface area contributed by atoms with Gasteiger partial charge in [0.2, 0.25) is 0 Å². The zero-order chi connectivity index (χ0) is 14.4. The van der Waals surface area contributed by atoms with Crippen molar-refractivity contribution in [3.63, 3.8) is 0 Å². The monoisotopic (exact) mass is 264 g/mol. The lowest BCUT2D eigenvalue weighted by Gasteiger charge is -2.23. The van der Waals surface area contributed by atoms with Crippen LogP contribution in [0, 0.1) is 23.0 Å². The van der Waals surface area contributed by atoms with Gasteiger partial charge in [0, 0.05) is 24.2 Å². The second-order valence-electron chi connectivity index (χ2n) is 5.06. The fourth-order valence-corrected chi connectivity index (χ4v) is 2.49. The molecular formula is C15H24N2O2. The molecule has 0 heterocycles. The van der Waals surface area contributed by atoms with Crippen LogP contribution in [0.25, 0.3) is 0 Å². The molecule has 4 heteroatoms. The van der Waals surface area contributed by atoms with Gasteiger partial charge in [-0.25, -0.2) is 0 Å². The van der Waals surface area contributed by atoms with Crippen LogP contribution < -0.4 is 5.32 Å². The first-order chi connectivity index (χ1) is 9.01. The van der Waals surface area contributed by atoms with Gasteiger partial charge in [0.25, 0.3) is 5.69 Å². The van der Waals surface area contributed by atoms with Crippen LogP contribution in [0.4, 0.5) is 5.69 Å². The summed E-state index contributed by atoms with van der Waals surface area (Å²) in [4.78, 5) is 10.6. The molecule has 0 radical (unpaired) electrons. The van der Waals surface area contributed by atoms with Gasteiger partial charge in [-0.05, 0) is 25.3 Å². The number of nitro groups is 1. The lowest BCUT2D eigenvalue weighted by atomic mass is 9.95. The molecule has 0 fully saturated rings. The molecule has 1 aromatic rings. The third-order valence-electron chi connectivity index (χ3n) is 3.98. The van der Waals surface area contributed by atoms with Crippen molar-refractivity contribution in [1.82, 2.24) is 5.32 Å². The molecule has 1 aromatic carbocycles. The van der Waals surface area contributed by atoms with E-state index in [2.05, 4.69) is 26.1 Å². The molecule has 1 rings (SSSR count). The summed E-state index contributed by atoms with van der Waals surface area (Å²) in [5.41, 5.74) is 1.97. The van der Waals surface area contributed by atoms with Crippen molar-refractivity contribution in [1.29, 1.82) is 0 Å². The summed E-state index contributed by atoms with van der Waals surface area (Å²) in [7, 11) is 0. The van der Waals surface area contributed by atoms with Gasteiger partial charge in [-0.1, -0.05) is 38.8 Å². The van der Waals surface area contributed by atoms with Gasteiger partial charge >= 0.3 is 0 Å². The minimum atomic E-state index is -0.316. The van der Waals surface area contributed by atoms with Crippen molar-refractivity contribution in [2.75, 3.05) is 0 Å². The van der Waals surface area contributed by atoms with E-state index in [1.807, 2.05) is 13.0 Å². The summed E-state index contributed by atoms with van der Waals surface area (Å²) in [5.74, 6) is 0.652. The van der Waals surface area contributed by atoms with Crippen molar-refractivity contribution in [3.05, 3.63) is 39.4 Å². The third kappa shape index (κ3) is 4.03. The summed E-state index contributed by atoms with van der Waals surface area (Å²) in [6, 6.07) is 5.69. The van der Waals surface area contributed by atoms with Crippen LogP contribution in [-0.4, -0.2) is 11.0 Å². The Labute approximate surface area is 115 Å². The highest BCUT2D eigenvalue weighted by Gasteiger charge is 2.16. The Morgan fingerprint density at radius 2 is 1.95 bits per heavy atom. The fourth-order valence-electron chi connectivity index (χ4n) is 2.49. The van der Waals surface area contributed by atoms with Crippen molar-refractivity contribution >= 4 is 5.69 Å². The van der Waals surface area contributed by atoms with Crippen molar-refractivity contribution < 1.29 is 4.92 Å². The van der Waals surface area contributed by atoms with Crippen LogP contribution in [0.2, 0.25) is 0 Å². The molecule has 0 saturated carbocycles. The van der Waals surface area contributed by atoms with Crippen LogP contribution in [0.15, 0.2) is 18.2 Å². The Bertz CT molecular complexity index is 428. The molecule has 4 nitrogen and oxygen atoms in total. The molecule has 1 N–H and O–H groups in total. The number of benzene rings is 1. The normalized spacial score (nSPS) is 12.7. The SMILES string of the molecule is CCC(CC)C(C)NCc1cccc([N+](=O)[O-])c1C. The standard InChI is InChI=1S/C15H24N2O2/c1-5-13(6-2)12(4)16-10-14-8-7-9-15(11(14)3)17(18)19/h7-9,12-13,16H,5-6,10H2,1-4H3. The maximum atomic E-state index is 10.9. The molecule has 19 heavy (non-hydrogen) atoms. The zero-order valence-electron chi connectivity index (χ0n) is 12.3. The molecule has 1 unspecified atom stereocenters. The molecule has 0 aliphatic heterocycles. The van der Waals surface area contributed by atoms with E-state index in [0.29, 0.717) is 18.5 Å². The smallest absolute Gasteiger partial charge is 0.272 e. The Hall–Kier alpha value is -1.42. The van der Waals surface area contributed by atoms with Crippen LogP contribution in [0.1, 0.15) is 44.7 Å². The number of hydrogen-bond acceptors (Lipinski definition) is 3. The lowest BCUT2D eigenvalue weighted by Crippen LogP contribution is -2.32. The fraction of sp³-hybridized carbons (Fsp3) is 0.600. The predicted octanol–water partition coefficient (Wildman–Crippen LogP) is 3.82. The summed E-state index contributed by atoms with van der Waals surface area (Å²) in [6.07, 6.45) is 2.30. The van der Waals surface area contributed by atoms with Gasteiger partial charge in [0.05, 0.1) is 4.92 Å². The zero-order valence-corrected chi connectivity index (χ0v) is 12.3. The van der Waals surface area contributed by atoms with E-state index in [0.717, 1.165) is 24.0 Å². The van der Waals surface area contributed by atoms with Crippen molar-refractivity contribution in [2.45, 2.75) is 53.1 Å². The second-order valence-corrected chi connectivity index (χ2v) is 5.06. The first-order valence-electron chi connectivity index (χ1n) is 6.97. The highest BCUT2D eigenvalue weighted by Crippen LogP contribution is 2.21. The van der Waals surface area contributed by atoms with E-state index in [1.54, 1.807) is 12.1 Å². The maximum Gasteiger partial charge on any atom is 0.272 e. The average molecular weight is 264 g/mol. The Morgan fingerprint density at radius 1 is 1.32 bits per heavy atom.